The number of benzene rings is 2. The maximum Gasteiger partial charge on any atom is 0.254 e. The van der Waals surface area contributed by atoms with Crippen LogP contribution in [0.3, 0.4) is 0 Å². The quantitative estimate of drug-likeness (QED) is 0.811. The normalized spacial score (nSPS) is 17.2. The summed E-state index contributed by atoms with van der Waals surface area (Å²) < 4.78 is 16.2. The van der Waals surface area contributed by atoms with Crippen LogP contribution in [-0.4, -0.2) is 42.8 Å². The van der Waals surface area contributed by atoms with Gasteiger partial charge in [0.05, 0.1) is 0 Å². The Labute approximate surface area is 169 Å². The monoisotopic (exact) mass is 396 g/mol. The van der Waals surface area contributed by atoms with Crippen LogP contribution in [0.15, 0.2) is 42.5 Å². The van der Waals surface area contributed by atoms with Crippen molar-refractivity contribution in [2.75, 3.05) is 25.3 Å². The minimum absolute atomic E-state index is 0.0987. The van der Waals surface area contributed by atoms with Gasteiger partial charge in [0.1, 0.15) is 6.10 Å². The Morgan fingerprint density at radius 3 is 2.79 bits per heavy atom. The van der Waals surface area contributed by atoms with Crippen LogP contribution in [0.4, 0.5) is 5.69 Å². The SMILES string of the molecule is CCN(Cc1ccc2c(c1)OCO2)C(=O)c1cccc(NC(=O)C2CCCO2)c1. The molecule has 0 radical (unpaired) electrons. The molecule has 2 aromatic carbocycles. The number of carbonyl (C=O) groups excluding carboxylic acids is 2. The molecule has 1 N–H and O–H groups in total. The highest BCUT2D eigenvalue weighted by atomic mass is 16.7. The number of anilines is 1. The fraction of sp³-hybridized carbons (Fsp3) is 0.364. The molecule has 1 unspecified atom stereocenters. The summed E-state index contributed by atoms with van der Waals surface area (Å²) in [6, 6.07) is 12.7. The van der Waals surface area contributed by atoms with Gasteiger partial charge >= 0.3 is 0 Å². The summed E-state index contributed by atoms with van der Waals surface area (Å²) in [6.07, 6.45) is 1.21. The standard InChI is InChI=1S/C22H24N2O5/c1-2-24(13-15-8-9-18-20(11-15)29-14-28-18)22(26)16-5-3-6-17(12-16)23-21(25)19-7-4-10-27-19/h3,5-6,8-9,11-12,19H,2,4,7,10,13-14H2,1H3,(H,23,25). The van der Waals surface area contributed by atoms with Gasteiger partial charge in [-0.3, -0.25) is 9.59 Å². The van der Waals surface area contributed by atoms with E-state index in [4.69, 9.17) is 14.2 Å². The molecular formula is C22H24N2O5. The highest BCUT2D eigenvalue weighted by Crippen LogP contribution is 2.33. The first-order chi connectivity index (χ1) is 14.1. The minimum Gasteiger partial charge on any atom is -0.454 e. The maximum absolute atomic E-state index is 13.0. The van der Waals surface area contributed by atoms with Crippen molar-refractivity contribution in [3.8, 4) is 11.5 Å². The van der Waals surface area contributed by atoms with Crippen LogP contribution < -0.4 is 14.8 Å². The Morgan fingerprint density at radius 2 is 2.00 bits per heavy atom. The molecule has 29 heavy (non-hydrogen) atoms. The average Bonchev–Trinajstić information content (AvgIpc) is 3.43. The van der Waals surface area contributed by atoms with Crippen LogP contribution in [0.1, 0.15) is 35.7 Å². The van der Waals surface area contributed by atoms with Gasteiger partial charge in [-0.15, -0.1) is 0 Å². The number of amides is 2. The summed E-state index contributed by atoms with van der Waals surface area (Å²) in [5, 5.41) is 2.85. The Kier molecular flexibility index (Phi) is 5.67. The van der Waals surface area contributed by atoms with Gasteiger partial charge < -0.3 is 24.4 Å². The van der Waals surface area contributed by atoms with Crippen LogP contribution >= 0.6 is 0 Å². The van der Waals surface area contributed by atoms with Gasteiger partial charge in [-0.2, -0.15) is 0 Å². The Hall–Kier alpha value is -3.06. The van der Waals surface area contributed by atoms with Crippen LogP contribution in [0, 0.1) is 0 Å². The fourth-order valence-corrected chi connectivity index (χ4v) is 3.51. The van der Waals surface area contributed by atoms with E-state index in [0.717, 1.165) is 24.2 Å². The summed E-state index contributed by atoms with van der Waals surface area (Å²) in [5.41, 5.74) is 2.08. The first kappa shape index (κ1) is 19.3. The van der Waals surface area contributed by atoms with Crippen molar-refractivity contribution in [3.63, 3.8) is 0 Å². The lowest BCUT2D eigenvalue weighted by molar-refractivity contribution is -0.124. The van der Waals surface area contributed by atoms with E-state index in [0.29, 0.717) is 36.7 Å². The molecule has 2 amide bonds. The number of nitrogens with zero attached hydrogens (tertiary/aromatic N) is 1. The van der Waals surface area contributed by atoms with Crippen molar-refractivity contribution >= 4 is 17.5 Å². The third-order valence-electron chi connectivity index (χ3n) is 5.08. The second-order valence-corrected chi connectivity index (χ2v) is 7.08. The van der Waals surface area contributed by atoms with Gasteiger partial charge in [0.25, 0.3) is 11.8 Å². The lowest BCUT2D eigenvalue weighted by Crippen LogP contribution is -2.30. The summed E-state index contributed by atoms with van der Waals surface area (Å²) in [4.78, 5) is 27.1. The second-order valence-electron chi connectivity index (χ2n) is 7.08. The Morgan fingerprint density at radius 1 is 1.14 bits per heavy atom. The predicted octanol–water partition coefficient (Wildman–Crippen LogP) is 3.20. The zero-order valence-corrected chi connectivity index (χ0v) is 16.3. The second kappa shape index (κ2) is 8.53. The molecule has 1 saturated heterocycles. The van der Waals surface area contributed by atoms with Gasteiger partial charge in [-0.1, -0.05) is 12.1 Å². The zero-order chi connectivity index (χ0) is 20.2. The van der Waals surface area contributed by atoms with Crippen molar-refractivity contribution < 1.29 is 23.8 Å². The van der Waals surface area contributed by atoms with E-state index in [-0.39, 0.29) is 18.6 Å². The molecule has 1 fully saturated rings. The van der Waals surface area contributed by atoms with Crippen LogP contribution in [0.5, 0.6) is 11.5 Å². The third kappa shape index (κ3) is 4.35. The number of hydrogen-bond donors (Lipinski definition) is 1. The van der Waals surface area contributed by atoms with Crippen LogP contribution in [0.25, 0.3) is 0 Å². The first-order valence-corrected chi connectivity index (χ1v) is 9.84. The smallest absolute Gasteiger partial charge is 0.254 e. The molecule has 2 aliphatic rings. The van der Waals surface area contributed by atoms with E-state index in [1.807, 2.05) is 25.1 Å². The van der Waals surface area contributed by atoms with E-state index in [1.54, 1.807) is 29.2 Å². The van der Waals surface area contributed by atoms with Crippen molar-refractivity contribution in [2.45, 2.75) is 32.4 Å². The number of rotatable bonds is 6. The molecule has 0 saturated carbocycles. The van der Waals surface area contributed by atoms with E-state index < -0.39 is 6.10 Å². The van der Waals surface area contributed by atoms with Gasteiger partial charge in [0.15, 0.2) is 11.5 Å². The van der Waals surface area contributed by atoms with Crippen molar-refractivity contribution in [1.29, 1.82) is 0 Å². The third-order valence-corrected chi connectivity index (χ3v) is 5.08. The molecule has 2 heterocycles. The highest BCUT2D eigenvalue weighted by Gasteiger charge is 2.24. The van der Waals surface area contributed by atoms with E-state index >= 15 is 0 Å². The van der Waals surface area contributed by atoms with Gasteiger partial charge in [0, 0.05) is 30.9 Å². The molecule has 0 bridgehead atoms. The topological polar surface area (TPSA) is 77.1 Å². The molecule has 0 aliphatic carbocycles. The summed E-state index contributed by atoms with van der Waals surface area (Å²) in [7, 11) is 0. The molecule has 0 spiro atoms. The molecule has 0 aromatic heterocycles. The molecule has 7 heteroatoms. The number of nitrogens with one attached hydrogen (secondary N) is 1. The molecule has 7 nitrogen and oxygen atoms in total. The van der Waals surface area contributed by atoms with Crippen molar-refractivity contribution in [1.82, 2.24) is 4.90 Å². The molecular weight excluding hydrogens is 372 g/mol. The summed E-state index contributed by atoms with van der Waals surface area (Å²) >= 11 is 0. The molecule has 152 valence electrons. The fourth-order valence-electron chi connectivity index (χ4n) is 3.51. The van der Waals surface area contributed by atoms with Gasteiger partial charge in [0.2, 0.25) is 6.79 Å². The van der Waals surface area contributed by atoms with Gasteiger partial charge in [-0.05, 0) is 55.7 Å². The minimum atomic E-state index is -0.410. The summed E-state index contributed by atoms with van der Waals surface area (Å²) in [5.74, 6) is 1.15. The van der Waals surface area contributed by atoms with Crippen molar-refractivity contribution in [2.24, 2.45) is 0 Å². The number of hydrogen-bond acceptors (Lipinski definition) is 5. The lowest BCUT2D eigenvalue weighted by Gasteiger charge is -2.21. The number of ether oxygens (including phenoxy) is 3. The highest BCUT2D eigenvalue weighted by molar-refractivity contribution is 5.98. The first-order valence-electron chi connectivity index (χ1n) is 9.84. The van der Waals surface area contributed by atoms with Crippen molar-refractivity contribution in [3.05, 3.63) is 53.6 Å². The summed E-state index contributed by atoms with van der Waals surface area (Å²) in [6.45, 7) is 3.79. The lowest BCUT2D eigenvalue weighted by atomic mass is 10.1. The average molecular weight is 396 g/mol. The molecule has 4 rings (SSSR count). The molecule has 1 atom stereocenters. The van der Waals surface area contributed by atoms with Crippen LogP contribution in [-0.2, 0) is 16.1 Å². The Balaban J connectivity index is 1.45. The number of fused-ring (bicyclic) bond motifs is 1. The zero-order valence-electron chi connectivity index (χ0n) is 16.3. The number of carbonyl (C=O) groups is 2. The van der Waals surface area contributed by atoms with E-state index in [9.17, 15) is 9.59 Å². The van der Waals surface area contributed by atoms with E-state index in [1.165, 1.54) is 0 Å². The maximum atomic E-state index is 13.0. The molecule has 2 aromatic rings. The predicted molar refractivity (Wildman–Crippen MR) is 107 cm³/mol. The Bertz CT molecular complexity index is 908. The van der Waals surface area contributed by atoms with Gasteiger partial charge in [-0.25, -0.2) is 0 Å². The largest absolute Gasteiger partial charge is 0.454 e. The van der Waals surface area contributed by atoms with E-state index in [2.05, 4.69) is 5.32 Å². The molecule has 2 aliphatic heterocycles. The van der Waals surface area contributed by atoms with Crippen LogP contribution in [0.2, 0.25) is 0 Å².